The minimum absolute atomic E-state index is 0.451. The highest BCUT2D eigenvalue weighted by molar-refractivity contribution is 5.29. The van der Waals surface area contributed by atoms with E-state index in [4.69, 9.17) is 5.11 Å². The molecule has 0 aromatic heterocycles. The summed E-state index contributed by atoms with van der Waals surface area (Å²) in [4.78, 5) is 0. The Hall–Kier alpha value is -1.10. The van der Waals surface area contributed by atoms with Crippen molar-refractivity contribution >= 4 is 0 Å². The van der Waals surface area contributed by atoms with Crippen LogP contribution in [-0.2, 0) is 12.8 Å². The molecule has 1 N–H and O–H groups in total. The molecule has 1 rings (SSSR count). The van der Waals surface area contributed by atoms with E-state index in [1.165, 1.54) is 0 Å². The van der Waals surface area contributed by atoms with Crippen molar-refractivity contribution in [1.29, 1.82) is 0 Å². The summed E-state index contributed by atoms with van der Waals surface area (Å²) in [5.41, 5.74) is -1.45. The maximum atomic E-state index is 12.4. The van der Waals surface area contributed by atoms with Gasteiger partial charge in [0.15, 0.2) is 0 Å². The number of aliphatic hydroxyl groups excluding tert-OH is 1. The van der Waals surface area contributed by atoms with Gasteiger partial charge in [-0.15, -0.1) is 0 Å². The molecule has 0 atom stereocenters. The number of hydrogen-bond donors (Lipinski definition) is 1. The molecule has 1 nitrogen and oxygen atoms in total. The smallest absolute Gasteiger partial charge is 0.392 e. The summed E-state index contributed by atoms with van der Waals surface area (Å²) in [7, 11) is 0. The quantitative estimate of drug-likeness (QED) is 0.680. The highest BCUT2D eigenvalue weighted by Crippen LogP contribution is 2.32. The van der Waals surface area contributed by atoms with Gasteiger partial charge >= 0.3 is 6.18 Å². The zero-order valence-corrected chi connectivity index (χ0v) is 6.40. The standard InChI is InChI=1S/C8H6F4O/c9-6-1-2-7(8(10,11)12)5(3-6)4-13/h1-3,13H,4H2. The molecular formula is C8H6F4O. The average Bonchev–Trinajstić information content (AvgIpc) is 2.01. The van der Waals surface area contributed by atoms with Crippen LogP contribution in [0.1, 0.15) is 11.1 Å². The lowest BCUT2D eigenvalue weighted by Crippen LogP contribution is -2.09. The van der Waals surface area contributed by atoms with Gasteiger partial charge in [0.25, 0.3) is 0 Å². The van der Waals surface area contributed by atoms with Gasteiger partial charge in [0.1, 0.15) is 5.82 Å². The Labute approximate surface area is 71.6 Å². The van der Waals surface area contributed by atoms with Gasteiger partial charge in [0, 0.05) is 0 Å². The monoisotopic (exact) mass is 194 g/mol. The second kappa shape index (κ2) is 3.33. The van der Waals surface area contributed by atoms with Crippen LogP contribution >= 0.6 is 0 Å². The molecule has 1 aromatic rings. The number of rotatable bonds is 1. The largest absolute Gasteiger partial charge is 0.416 e. The van der Waals surface area contributed by atoms with Crippen LogP contribution in [0.3, 0.4) is 0 Å². The van der Waals surface area contributed by atoms with Crippen LogP contribution in [0.15, 0.2) is 18.2 Å². The Morgan fingerprint density at radius 1 is 1.23 bits per heavy atom. The van der Waals surface area contributed by atoms with Gasteiger partial charge in [0.2, 0.25) is 0 Å². The molecule has 1 aromatic carbocycles. The summed E-state index contributed by atoms with van der Waals surface area (Å²) in [6.45, 7) is -0.827. The number of hydrogen-bond acceptors (Lipinski definition) is 1. The zero-order valence-electron chi connectivity index (χ0n) is 6.40. The molecule has 0 unspecified atom stereocenters. The highest BCUT2D eigenvalue weighted by atomic mass is 19.4. The lowest BCUT2D eigenvalue weighted by molar-refractivity contribution is -0.138. The Balaban J connectivity index is 3.22. The minimum Gasteiger partial charge on any atom is -0.392 e. The lowest BCUT2D eigenvalue weighted by atomic mass is 10.1. The van der Waals surface area contributed by atoms with E-state index in [0.717, 1.165) is 0 Å². The fourth-order valence-electron chi connectivity index (χ4n) is 0.970. The van der Waals surface area contributed by atoms with Crippen molar-refractivity contribution in [3.8, 4) is 0 Å². The van der Waals surface area contributed by atoms with E-state index in [9.17, 15) is 17.6 Å². The van der Waals surface area contributed by atoms with Crippen LogP contribution in [0.2, 0.25) is 0 Å². The van der Waals surface area contributed by atoms with Gasteiger partial charge in [-0.3, -0.25) is 0 Å². The second-order valence-electron chi connectivity index (χ2n) is 2.46. The first-order chi connectivity index (χ1) is 5.95. The Bertz CT molecular complexity index is 306. The minimum atomic E-state index is -4.55. The van der Waals surface area contributed by atoms with Crippen LogP contribution in [0, 0.1) is 5.82 Å². The number of halogens is 4. The summed E-state index contributed by atoms with van der Waals surface area (Å²) in [5.74, 6) is -0.794. The molecule has 0 saturated heterocycles. The topological polar surface area (TPSA) is 20.2 Å². The van der Waals surface area contributed by atoms with Crippen LogP contribution < -0.4 is 0 Å². The maximum Gasteiger partial charge on any atom is 0.416 e. The molecular weight excluding hydrogens is 188 g/mol. The first-order valence-electron chi connectivity index (χ1n) is 3.41. The molecule has 0 aliphatic rings. The summed E-state index contributed by atoms with van der Waals surface area (Å²) < 4.78 is 48.8. The third-order valence-electron chi connectivity index (χ3n) is 1.54. The zero-order chi connectivity index (χ0) is 10.1. The average molecular weight is 194 g/mol. The Kier molecular flexibility index (Phi) is 2.56. The van der Waals surface area contributed by atoms with E-state index < -0.39 is 29.7 Å². The molecule has 0 amide bonds. The molecule has 5 heteroatoms. The van der Waals surface area contributed by atoms with Gasteiger partial charge in [-0.05, 0) is 23.8 Å². The highest BCUT2D eigenvalue weighted by Gasteiger charge is 2.33. The molecule has 0 radical (unpaired) electrons. The SMILES string of the molecule is OCc1cc(F)ccc1C(F)(F)F. The summed E-state index contributed by atoms with van der Waals surface area (Å²) in [5, 5.41) is 8.54. The van der Waals surface area contributed by atoms with E-state index in [1.807, 2.05) is 0 Å². The van der Waals surface area contributed by atoms with Gasteiger partial charge in [-0.2, -0.15) is 13.2 Å². The Morgan fingerprint density at radius 3 is 2.31 bits per heavy atom. The molecule has 72 valence electrons. The molecule has 0 bridgehead atoms. The fourth-order valence-corrected chi connectivity index (χ4v) is 0.970. The second-order valence-corrected chi connectivity index (χ2v) is 2.46. The molecule has 13 heavy (non-hydrogen) atoms. The fraction of sp³-hybridized carbons (Fsp3) is 0.250. The van der Waals surface area contributed by atoms with Crippen molar-refractivity contribution in [2.45, 2.75) is 12.8 Å². The molecule has 0 aliphatic carbocycles. The first kappa shape index (κ1) is 9.98. The number of alkyl halides is 3. The summed E-state index contributed by atoms with van der Waals surface area (Å²) in [6, 6.07) is 1.99. The van der Waals surface area contributed by atoms with Crippen molar-refractivity contribution in [3.63, 3.8) is 0 Å². The summed E-state index contributed by atoms with van der Waals surface area (Å²) >= 11 is 0. The van der Waals surface area contributed by atoms with Gasteiger partial charge in [-0.25, -0.2) is 4.39 Å². The summed E-state index contributed by atoms with van der Waals surface area (Å²) in [6.07, 6.45) is -4.55. The first-order valence-corrected chi connectivity index (χ1v) is 3.41. The third kappa shape index (κ3) is 2.18. The lowest BCUT2D eigenvalue weighted by Gasteiger charge is -2.10. The van der Waals surface area contributed by atoms with Crippen molar-refractivity contribution < 1.29 is 22.7 Å². The van der Waals surface area contributed by atoms with Crippen LogP contribution in [-0.4, -0.2) is 5.11 Å². The Morgan fingerprint density at radius 2 is 1.85 bits per heavy atom. The molecule has 0 fully saturated rings. The van der Waals surface area contributed by atoms with Crippen molar-refractivity contribution in [1.82, 2.24) is 0 Å². The third-order valence-corrected chi connectivity index (χ3v) is 1.54. The van der Waals surface area contributed by atoms with Crippen LogP contribution in [0.4, 0.5) is 17.6 Å². The molecule has 0 spiro atoms. The van der Waals surface area contributed by atoms with Gasteiger partial charge in [-0.1, -0.05) is 0 Å². The van der Waals surface area contributed by atoms with E-state index >= 15 is 0 Å². The van der Waals surface area contributed by atoms with Crippen molar-refractivity contribution in [2.24, 2.45) is 0 Å². The van der Waals surface area contributed by atoms with Gasteiger partial charge in [0.05, 0.1) is 12.2 Å². The van der Waals surface area contributed by atoms with Crippen molar-refractivity contribution in [3.05, 3.63) is 35.1 Å². The number of aliphatic hydroxyl groups is 1. The maximum absolute atomic E-state index is 12.4. The van der Waals surface area contributed by atoms with Crippen LogP contribution in [0.25, 0.3) is 0 Å². The predicted octanol–water partition coefficient (Wildman–Crippen LogP) is 2.34. The van der Waals surface area contributed by atoms with E-state index in [1.54, 1.807) is 0 Å². The van der Waals surface area contributed by atoms with E-state index in [-0.39, 0.29) is 0 Å². The van der Waals surface area contributed by atoms with Gasteiger partial charge < -0.3 is 5.11 Å². The normalized spacial score (nSPS) is 11.8. The predicted molar refractivity (Wildman–Crippen MR) is 37.3 cm³/mol. The molecule has 0 heterocycles. The van der Waals surface area contributed by atoms with Crippen LogP contribution in [0.5, 0.6) is 0 Å². The molecule has 0 saturated carbocycles. The van der Waals surface area contributed by atoms with E-state index in [0.29, 0.717) is 18.2 Å². The van der Waals surface area contributed by atoms with Crippen molar-refractivity contribution in [2.75, 3.05) is 0 Å². The van der Waals surface area contributed by atoms with E-state index in [2.05, 4.69) is 0 Å². The molecule has 0 aliphatic heterocycles. The number of benzene rings is 1.